The van der Waals surface area contributed by atoms with E-state index in [1.165, 1.54) is 7.11 Å². The van der Waals surface area contributed by atoms with E-state index in [-0.39, 0.29) is 18.6 Å². The van der Waals surface area contributed by atoms with Gasteiger partial charge in [0.05, 0.1) is 42.0 Å². The summed E-state index contributed by atoms with van der Waals surface area (Å²) in [5, 5.41) is 2.66. The van der Waals surface area contributed by atoms with Gasteiger partial charge in [0.2, 0.25) is 18.6 Å². The number of H-pyrrole nitrogens is 2. The SMILES string of the molecule is CCC(NC(=O)OC)C(=O)N1CCCC1(C)c1ncc(-c2ccc(-c3ccc(-c4cnc(C5(C)CCCN5C(=O)CC(C)C)[nH]4)cc3)c3c2OCO3)[nH]1. The first-order valence-corrected chi connectivity index (χ1v) is 18.6. The fraction of sp³-hybridized carbons (Fsp3) is 0.475. The molecule has 13 nitrogen and oxygen atoms in total. The van der Waals surface area contributed by atoms with Crippen molar-refractivity contribution in [2.24, 2.45) is 5.92 Å². The average molecular weight is 724 g/mol. The van der Waals surface area contributed by atoms with Crippen molar-refractivity contribution in [1.82, 2.24) is 35.1 Å². The van der Waals surface area contributed by atoms with Gasteiger partial charge in [-0.05, 0) is 75.1 Å². The highest BCUT2D eigenvalue weighted by atomic mass is 16.7. The van der Waals surface area contributed by atoms with Crippen LogP contribution in [0.15, 0.2) is 48.8 Å². The molecular weight excluding hydrogens is 674 g/mol. The summed E-state index contributed by atoms with van der Waals surface area (Å²) in [6.45, 7) is 11.5. The zero-order valence-corrected chi connectivity index (χ0v) is 31.4. The lowest BCUT2D eigenvalue weighted by Gasteiger charge is -2.35. The zero-order valence-electron chi connectivity index (χ0n) is 31.4. The summed E-state index contributed by atoms with van der Waals surface area (Å²) in [5.41, 5.74) is 4.18. The van der Waals surface area contributed by atoms with Crippen LogP contribution < -0.4 is 14.8 Å². The summed E-state index contributed by atoms with van der Waals surface area (Å²) in [6, 6.07) is 11.6. The highest BCUT2D eigenvalue weighted by molar-refractivity contribution is 5.87. The highest BCUT2D eigenvalue weighted by Crippen LogP contribution is 2.48. The molecule has 2 aromatic carbocycles. The molecule has 53 heavy (non-hydrogen) atoms. The van der Waals surface area contributed by atoms with Gasteiger partial charge in [0.25, 0.3) is 0 Å². The molecule has 0 bridgehead atoms. The molecular formula is C40H49N7O6. The number of alkyl carbamates (subject to hydrolysis) is 1. The molecule has 0 spiro atoms. The van der Waals surface area contributed by atoms with Crippen LogP contribution in [0.5, 0.6) is 11.5 Å². The molecule has 5 heterocycles. The first-order valence-electron chi connectivity index (χ1n) is 18.6. The number of hydrogen-bond donors (Lipinski definition) is 3. The predicted octanol–water partition coefficient (Wildman–Crippen LogP) is 6.72. The molecule has 2 fully saturated rings. The standard InChI is InChI=1S/C40H49N7O6/c1-7-29(45-38(50)51-6)35(49)47-19-9-17-40(47,5)37-42-22-31(44-37)28-15-14-27(33-34(28)53-23-52-33)25-10-12-26(13-11-25)30-21-41-36(43-30)39(4)16-8-18-46(39)32(48)20-24(2)3/h10-15,21-22,24,29H,7-9,16-20,23H2,1-6H3,(H,41,43)(H,42,44)(H,45,50). The third kappa shape index (κ3) is 6.50. The molecule has 0 radical (unpaired) electrons. The van der Waals surface area contributed by atoms with Crippen LogP contribution in [-0.2, 0) is 25.4 Å². The number of fused-ring (bicyclic) bond motifs is 1. The van der Waals surface area contributed by atoms with Gasteiger partial charge in [0, 0.05) is 30.6 Å². The van der Waals surface area contributed by atoms with Crippen LogP contribution in [0.2, 0.25) is 0 Å². The van der Waals surface area contributed by atoms with Crippen LogP contribution in [0.25, 0.3) is 33.6 Å². The molecule has 3 N–H and O–H groups in total. The number of carbonyl (C=O) groups is 3. The topological polar surface area (TPSA) is 155 Å². The number of nitrogens with one attached hydrogen (secondary N) is 3. The van der Waals surface area contributed by atoms with Crippen LogP contribution in [0.4, 0.5) is 4.79 Å². The molecule has 13 heteroatoms. The molecule has 280 valence electrons. The van der Waals surface area contributed by atoms with Gasteiger partial charge in [-0.3, -0.25) is 9.59 Å². The quantitative estimate of drug-likeness (QED) is 0.163. The molecule has 3 amide bonds. The number of hydrogen-bond acceptors (Lipinski definition) is 8. The minimum Gasteiger partial charge on any atom is -0.453 e. The second kappa shape index (κ2) is 14.2. The fourth-order valence-electron chi connectivity index (χ4n) is 8.10. The smallest absolute Gasteiger partial charge is 0.407 e. The Labute approximate surface area is 309 Å². The van der Waals surface area contributed by atoms with Crippen LogP contribution in [0, 0.1) is 5.92 Å². The van der Waals surface area contributed by atoms with Crippen molar-refractivity contribution in [1.29, 1.82) is 0 Å². The van der Waals surface area contributed by atoms with Crippen molar-refractivity contribution in [2.75, 3.05) is 27.0 Å². The third-order valence-corrected chi connectivity index (χ3v) is 11.1. The maximum absolute atomic E-state index is 13.6. The van der Waals surface area contributed by atoms with Crippen LogP contribution in [-0.4, -0.2) is 80.7 Å². The minimum absolute atomic E-state index is 0.0936. The Hall–Kier alpha value is -5.33. The van der Waals surface area contributed by atoms with E-state index in [0.717, 1.165) is 71.7 Å². The van der Waals surface area contributed by atoms with Gasteiger partial charge < -0.3 is 39.3 Å². The number of aromatic amines is 2. The first kappa shape index (κ1) is 36.0. The van der Waals surface area contributed by atoms with Crippen LogP contribution in [0.1, 0.15) is 84.8 Å². The molecule has 0 aliphatic carbocycles. The third-order valence-electron chi connectivity index (χ3n) is 11.1. The normalized spacial score (nSPS) is 21.3. The Kier molecular flexibility index (Phi) is 9.69. The summed E-state index contributed by atoms with van der Waals surface area (Å²) in [5.74, 6) is 3.07. The molecule has 2 saturated heterocycles. The summed E-state index contributed by atoms with van der Waals surface area (Å²) >= 11 is 0. The lowest BCUT2D eigenvalue weighted by Crippen LogP contribution is -2.53. The van der Waals surface area contributed by atoms with Gasteiger partial charge >= 0.3 is 6.09 Å². The van der Waals surface area contributed by atoms with Crippen LogP contribution in [0.3, 0.4) is 0 Å². The number of amides is 3. The van der Waals surface area contributed by atoms with Crippen LogP contribution >= 0.6 is 0 Å². The number of carbonyl (C=O) groups excluding carboxylic acids is 3. The van der Waals surface area contributed by atoms with Crippen molar-refractivity contribution in [3.05, 3.63) is 60.4 Å². The maximum atomic E-state index is 13.6. The van der Waals surface area contributed by atoms with E-state index < -0.39 is 23.2 Å². The fourth-order valence-corrected chi connectivity index (χ4v) is 8.10. The lowest BCUT2D eigenvalue weighted by atomic mass is 9.96. The monoisotopic (exact) mass is 723 g/mol. The Morgan fingerprint density at radius 1 is 0.849 bits per heavy atom. The van der Waals surface area contributed by atoms with Crippen molar-refractivity contribution in [3.8, 4) is 45.1 Å². The van der Waals surface area contributed by atoms with E-state index in [2.05, 4.69) is 60.3 Å². The molecule has 2 aromatic heterocycles. The minimum atomic E-state index is -0.695. The number of likely N-dealkylation sites (tertiary alicyclic amines) is 2. The summed E-state index contributed by atoms with van der Waals surface area (Å²) in [7, 11) is 1.28. The predicted molar refractivity (Wildman–Crippen MR) is 199 cm³/mol. The lowest BCUT2D eigenvalue weighted by molar-refractivity contribution is -0.138. The molecule has 3 unspecified atom stereocenters. The molecule has 3 aliphatic heterocycles. The second-order valence-electron chi connectivity index (χ2n) is 15.1. The molecule has 0 saturated carbocycles. The van der Waals surface area contributed by atoms with Gasteiger partial charge in [-0.1, -0.05) is 45.0 Å². The summed E-state index contributed by atoms with van der Waals surface area (Å²) < 4.78 is 16.8. The van der Waals surface area contributed by atoms with Gasteiger partial charge in [-0.25, -0.2) is 14.8 Å². The number of benzene rings is 2. The number of rotatable bonds is 10. The Bertz CT molecular complexity index is 2000. The number of aromatic nitrogens is 4. The molecule has 3 atom stereocenters. The number of nitrogens with zero attached hydrogens (tertiary/aromatic N) is 4. The van der Waals surface area contributed by atoms with Crippen molar-refractivity contribution < 1.29 is 28.6 Å². The Balaban J connectivity index is 1.10. The first-order chi connectivity index (χ1) is 25.5. The van der Waals surface area contributed by atoms with Crippen molar-refractivity contribution in [3.63, 3.8) is 0 Å². The summed E-state index contributed by atoms with van der Waals surface area (Å²) in [4.78, 5) is 58.9. The van der Waals surface area contributed by atoms with Gasteiger partial charge in [-0.2, -0.15) is 0 Å². The largest absolute Gasteiger partial charge is 0.453 e. The van der Waals surface area contributed by atoms with E-state index in [1.807, 2.05) is 37.1 Å². The Morgan fingerprint density at radius 2 is 1.42 bits per heavy atom. The van der Waals surface area contributed by atoms with E-state index in [0.29, 0.717) is 42.6 Å². The Morgan fingerprint density at radius 3 is 2.06 bits per heavy atom. The van der Waals surface area contributed by atoms with Gasteiger partial charge in [-0.15, -0.1) is 0 Å². The van der Waals surface area contributed by atoms with Gasteiger partial charge in [0.1, 0.15) is 17.7 Å². The van der Waals surface area contributed by atoms with E-state index in [9.17, 15) is 14.4 Å². The molecule has 4 aromatic rings. The summed E-state index contributed by atoms with van der Waals surface area (Å²) in [6.07, 6.45) is 7.32. The van der Waals surface area contributed by atoms with Crippen molar-refractivity contribution in [2.45, 2.75) is 90.3 Å². The maximum Gasteiger partial charge on any atom is 0.407 e. The number of imidazole rings is 2. The zero-order chi connectivity index (χ0) is 37.5. The molecule has 3 aliphatic rings. The highest BCUT2D eigenvalue weighted by Gasteiger charge is 2.46. The number of ether oxygens (including phenoxy) is 3. The van der Waals surface area contributed by atoms with E-state index in [1.54, 1.807) is 11.1 Å². The van der Waals surface area contributed by atoms with E-state index >= 15 is 0 Å². The van der Waals surface area contributed by atoms with Gasteiger partial charge in [0.15, 0.2) is 11.5 Å². The molecule has 7 rings (SSSR count). The van der Waals surface area contributed by atoms with Crippen molar-refractivity contribution >= 4 is 17.9 Å². The average Bonchev–Trinajstić information content (AvgIpc) is 4.00. The van der Waals surface area contributed by atoms with E-state index in [4.69, 9.17) is 24.2 Å². The number of methoxy groups -OCH3 is 1. The second-order valence-corrected chi connectivity index (χ2v) is 15.1.